The van der Waals surface area contributed by atoms with Gasteiger partial charge < -0.3 is 35.8 Å². The van der Waals surface area contributed by atoms with Gasteiger partial charge in [0, 0.05) is 27.2 Å². The second-order valence-electron chi connectivity index (χ2n) is 15.4. The minimum absolute atomic E-state index is 0.0644. The standard InChI is InChI=1S/C33H56N6O7/c1-13-15-20(24(40)27(42)34-16-14-2)35-26(41)23-22-19(33(22,9)10)17-39(23)28(43)25(32(6,7)8)37-29(44)36-21(31(3,4)5)18-46-30(45)38(11)12/h14,19-23,25H,2,13,15-18H2,1,3-12H3,(H,34,42)(H,35,41)(H2,36,37,44)/t19-,20?,21+,22-,23-,25+/m0/s1. The van der Waals surface area contributed by atoms with Crippen molar-refractivity contribution in [1.82, 2.24) is 31.1 Å². The van der Waals surface area contributed by atoms with E-state index in [0.29, 0.717) is 13.0 Å². The van der Waals surface area contributed by atoms with Crippen LogP contribution in [0.15, 0.2) is 12.7 Å². The van der Waals surface area contributed by atoms with Crippen molar-refractivity contribution in [3.05, 3.63) is 12.7 Å². The van der Waals surface area contributed by atoms with Crippen LogP contribution in [0, 0.1) is 28.1 Å². The highest BCUT2D eigenvalue weighted by Gasteiger charge is 2.70. The van der Waals surface area contributed by atoms with Gasteiger partial charge in [0.1, 0.15) is 18.7 Å². The summed E-state index contributed by atoms with van der Waals surface area (Å²) in [6.07, 6.45) is 1.72. The summed E-state index contributed by atoms with van der Waals surface area (Å²) < 4.78 is 5.34. The maximum absolute atomic E-state index is 14.3. The summed E-state index contributed by atoms with van der Waals surface area (Å²) in [5, 5.41) is 10.9. The fraction of sp³-hybridized carbons (Fsp3) is 0.758. The highest BCUT2D eigenvalue weighted by molar-refractivity contribution is 6.38. The maximum Gasteiger partial charge on any atom is 0.409 e. The van der Waals surface area contributed by atoms with Crippen molar-refractivity contribution < 1.29 is 33.5 Å². The first-order valence-corrected chi connectivity index (χ1v) is 16.0. The molecule has 0 spiro atoms. The number of nitrogens with zero attached hydrogens (tertiary/aromatic N) is 2. The predicted octanol–water partition coefficient (Wildman–Crippen LogP) is 2.45. The molecule has 13 heteroatoms. The summed E-state index contributed by atoms with van der Waals surface area (Å²) in [5.74, 6) is -2.56. The summed E-state index contributed by atoms with van der Waals surface area (Å²) >= 11 is 0. The lowest BCUT2D eigenvalue weighted by molar-refractivity contribution is -0.145. The van der Waals surface area contributed by atoms with Crippen molar-refractivity contribution in [2.45, 2.75) is 99.3 Å². The van der Waals surface area contributed by atoms with Gasteiger partial charge in [-0.05, 0) is 34.5 Å². The topological polar surface area (TPSA) is 166 Å². The number of carbonyl (C=O) groups excluding carboxylic acids is 6. The molecule has 0 bridgehead atoms. The highest BCUT2D eigenvalue weighted by Crippen LogP contribution is 2.65. The van der Waals surface area contributed by atoms with Gasteiger partial charge in [-0.2, -0.15) is 0 Å². The van der Waals surface area contributed by atoms with E-state index >= 15 is 0 Å². The zero-order valence-electron chi connectivity index (χ0n) is 29.5. The van der Waals surface area contributed by atoms with Crippen LogP contribution in [-0.2, 0) is 23.9 Å². The second kappa shape index (κ2) is 14.8. The third kappa shape index (κ3) is 9.22. The average molecular weight is 649 g/mol. The minimum atomic E-state index is -1.04. The molecule has 0 aromatic carbocycles. The first kappa shape index (κ1) is 38.5. The third-order valence-corrected chi connectivity index (χ3v) is 9.08. The zero-order chi connectivity index (χ0) is 35.4. The van der Waals surface area contributed by atoms with Crippen molar-refractivity contribution in [1.29, 1.82) is 0 Å². The maximum atomic E-state index is 14.3. The molecule has 0 aromatic rings. The van der Waals surface area contributed by atoms with Crippen LogP contribution in [0.2, 0.25) is 0 Å². The first-order chi connectivity index (χ1) is 21.1. The molecule has 13 nitrogen and oxygen atoms in total. The summed E-state index contributed by atoms with van der Waals surface area (Å²) in [6, 6.07) is -4.11. The Morgan fingerprint density at radius 3 is 2.11 bits per heavy atom. The van der Waals surface area contributed by atoms with E-state index in [9.17, 15) is 28.8 Å². The number of likely N-dealkylation sites (tertiary alicyclic amines) is 1. The lowest BCUT2D eigenvalue weighted by atomic mass is 9.85. The summed E-state index contributed by atoms with van der Waals surface area (Å²) in [6.45, 7) is 21.0. The van der Waals surface area contributed by atoms with E-state index in [2.05, 4.69) is 27.8 Å². The second-order valence-corrected chi connectivity index (χ2v) is 15.4. The zero-order valence-corrected chi connectivity index (χ0v) is 29.5. The lowest BCUT2D eigenvalue weighted by Gasteiger charge is -2.38. The highest BCUT2D eigenvalue weighted by atomic mass is 16.6. The van der Waals surface area contributed by atoms with E-state index in [0.717, 1.165) is 0 Å². The van der Waals surface area contributed by atoms with Gasteiger partial charge in [-0.1, -0.05) is 74.8 Å². The quantitative estimate of drug-likeness (QED) is 0.176. The number of piperidine rings is 1. The van der Waals surface area contributed by atoms with E-state index in [1.165, 1.54) is 15.9 Å². The number of amides is 6. The lowest BCUT2D eigenvalue weighted by Crippen LogP contribution is -2.62. The van der Waals surface area contributed by atoms with Crippen LogP contribution < -0.4 is 21.3 Å². The van der Waals surface area contributed by atoms with Gasteiger partial charge in [0.2, 0.25) is 17.6 Å². The third-order valence-electron chi connectivity index (χ3n) is 9.08. The Labute approximate surface area is 274 Å². The smallest absolute Gasteiger partial charge is 0.409 e. The molecule has 1 saturated heterocycles. The Kier molecular flexibility index (Phi) is 12.4. The van der Waals surface area contributed by atoms with Crippen LogP contribution in [-0.4, -0.2) is 103 Å². The van der Waals surface area contributed by atoms with Gasteiger partial charge in [-0.25, -0.2) is 9.59 Å². The van der Waals surface area contributed by atoms with Crippen LogP contribution in [0.4, 0.5) is 9.59 Å². The molecule has 2 rings (SSSR count). The van der Waals surface area contributed by atoms with Gasteiger partial charge in [0.05, 0.1) is 12.1 Å². The Balaban J connectivity index is 2.29. The fourth-order valence-corrected chi connectivity index (χ4v) is 5.98. The van der Waals surface area contributed by atoms with Crippen molar-refractivity contribution in [2.75, 3.05) is 33.8 Å². The minimum Gasteiger partial charge on any atom is -0.447 e. The van der Waals surface area contributed by atoms with Gasteiger partial charge in [-0.15, -0.1) is 6.58 Å². The number of urea groups is 1. The summed E-state index contributed by atoms with van der Waals surface area (Å²) in [5.41, 5.74) is -1.42. The fourth-order valence-electron chi connectivity index (χ4n) is 5.98. The van der Waals surface area contributed by atoms with Crippen LogP contribution in [0.1, 0.15) is 75.2 Å². The number of Topliss-reactive ketones (excluding diaryl/α,β-unsaturated/α-hetero) is 1. The van der Waals surface area contributed by atoms with Crippen LogP contribution in [0.25, 0.3) is 0 Å². The van der Waals surface area contributed by atoms with Crippen molar-refractivity contribution in [3.63, 3.8) is 0 Å². The molecule has 260 valence electrons. The molecular weight excluding hydrogens is 592 g/mol. The Morgan fingerprint density at radius 1 is 1.00 bits per heavy atom. The monoisotopic (exact) mass is 648 g/mol. The molecule has 4 N–H and O–H groups in total. The molecule has 1 unspecified atom stereocenters. The van der Waals surface area contributed by atoms with Gasteiger partial charge in [0.15, 0.2) is 0 Å². The molecule has 1 aliphatic carbocycles. The SMILES string of the molecule is C=CCNC(=O)C(=O)C(CCC)NC(=O)[C@@H]1[C@@H]2[C@H](CN1C(=O)[C@@H](NC(=O)N[C@H](COC(=O)N(C)C)C(C)(C)C)C(C)(C)C)C2(C)C. The van der Waals surface area contributed by atoms with E-state index < -0.39 is 70.6 Å². The normalized spacial score (nSPS) is 21.9. The van der Waals surface area contributed by atoms with Crippen LogP contribution in [0.5, 0.6) is 0 Å². The number of hydrogen-bond donors (Lipinski definition) is 4. The van der Waals surface area contributed by atoms with Gasteiger partial charge >= 0.3 is 12.1 Å². The first-order valence-electron chi connectivity index (χ1n) is 16.0. The molecule has 6 atom stereocenters. The van der Waals surface area contributed by atoms with Crippen molar-refractivity contribution >= 4 is 35.6 Å². The van der Waals surface area contributed by atoms with Crippen molar-refractivity contribution in [3.8, 4) is 0 Å². The number of rotatable bonds is 13. The molecular formula is C33H56N6O7. The van der Waals surface area contributed by atoms with Crippen LogP contribution >= 0.6 is 0 Å². The molecule has 1 aliphatic heterocycles. The molecule has 2 fully saturated rings. The molecule has 46 heavy (non-hydrogen) atoms. The summed E-state index contributed by atoms with van der Waals surface area (Å²) in [4.78, 5) is 81.7. The number of ketones is 1. The molecule has 1 saturated carbocycles. The van der Waals surface area contributed by atoms with E-state index in [-0.39, 0.29) is 36.8 Å². The predicted molar refractivity (Wildman–Crippen MR) is 175 cm³/mol. The van der Waals surface area contributed by atoms with Crippen LogP contribution in [0.3, 0.4) is 0 Å². The van der Waals surface area contributed by atoms with E-state index in [4.69, 9.17) is 4.74 Å². The van der Waals surface area contributed by atoms with Gasteiger partial charge in [-0.3, -0.25) is 19.2 Å². The van der Waals surface area contributed by atoms with E-state index in [1.807, 2.05) is 62.3 Å². The van der Waals surface area contributed by atoms with Crippen molar-refractivity contribution in [2.24, 2.45) is 28.1 Å². The molecule has 1 heterocycles. The van der Waals surface area contributed by atoms with Gasteiger partial charge in [0.25, 0.3) is 5.91 Å². The molecule has 2 aliphatic rings. The Morgan fingerprint density at radius 2 is 1.61 bits per heavy atom. The number of ether oxygens (including phenoxy) is 1. The molecule has 0 aromatic heterocycles. The number of fused-ring (bicyclic) bond motifs is 1. The van der Waals surface area contributed by atoms with E-state index in [1.54, 1.807) is 14.1 Å². The Hall–Kier alpha value is -3.64. The summed E-state index contributed by atoms with van der Waals surface area (Å²) in [7, 11) is 3.13. The molecule has 6 amide bonds. The largest absolute Gasteiger partial charge is 0.447 e. The average Bonchev–Trinajstić information content (AvgIpc) is 3.26. The number of nitrogens with one attached hydrogen (secondary N) is 4. The molecule has 0 radical (unpaired) electrons. The Bertz CT molecular complexity index is 1190. The number of hydrogen-bond acceptors (Lipinski definition) is 7. The number of carbonyl (C=O) groups is 6.